The average Bonchev–Trinajstić information content (AvgIpc) is 3.74. The number of hydrogen-bond donors (Lipinski definition) is 1. The maximum Gasteiger partial charge on any atom is 0.372 e. The quantitative estimate of drug-likeness (QED) is 0.114. The molecule has 2 aromatic heterocycles. The summed E-state index contributed by atoms with van der Waals surface area (Å²) in [7, 11) is -4.23. The number of fused-ring (bicyclic) bond motifs is 1. The van der Waals surface area contributed by atoms with Gasteiger partial charge in [-0.15, -0.1) is 0 Å². The molecule has 0 aliphatic heterocycles. The Morgan fingerprint density at radius 3 is 2.30 bits per heavy atom. The highest BCUT2D eigenvalue weighted by molar-refractivity contribution is 7.93. The lowest BCUT2D eigenvalue weighted by molar-refractivity contribution is 0.0662. The minimum Gasteiger partial charge on any atom is -0.475 e. The largest absolute Gasteiger partial charge is 0.475 e. The molecule has 1 amide bonds. The highest BCUT2D eigenvalue weighted by Gasteiger charge is 2.32. The first kappa shape index (κ1) is 36.5. The third-order valence-corrected chi connectivity index (χ3v) is 11.1. The second-order valence-corrected chi connectivity index (χ2v) is 14.2. The Labute approximate surface area is 297 Å². The van der Waals surface area contributed by atoms with Crippen LogP contribution in [0.3, 0.4) is 0 Å². The van der Waals surface area contributed by atoms with Crippen molar-refractivity contribution in [2.75, 3.05) is 28.8 Å². The molecule has 0 saturated carbocycles. The van der Waals surface area contributed by atoms with Gasteiger partial charge in [0.05, 0.1) is 34.0 Å². The van der Waals surface area contributed by atoms with Crippen LogP contribution in [0.15, 0.2) is 86.7 Å². The van der Waals surface area contributed by atoms with Crippen LogP contribution in [0.4, 0.5) is 11.4 Å². The van der Waals surface area contributed by atoms with Crippen LogP contribution in [-0.4, -0.2) is 49.9 Å². The van der Waals surface area contributed by atoms with Gasteiger partial charge in [0, 0.05) is 42.8 Å². The van der Waals surface area contributed by atoms with Crippen molar-refractivity contribution in [1.82, 2.24) is 4.90 Å². The van der Waals surface area contributed by atoms with Gasteiger partial charge in [-0.25, -0.2) is 13.2 Å². The van der Waals surface area contributed by atoms with Gasteiger partial charge in [-0.1, -0.05) is 43.6 Å². The molecule has 3 aromatic carbocycles. The second-order valence-electron chi connectivity index (χ2n) is 11.9. The summed E-state index contributed by atoms with van der Waals surface area (Å²) in [5.41, 5.74) is 3.35. The van der Waals surface area contributed by atoms with Gasteiger partial charge in [0.25, 0.3) is 15.9 Å². The fraction of sp³-hybridized carbons (Fsp3) is 0.316. The number of carbonyl (C=O) groups is 2. The summed E-state index contributed by atoms with van der Waals surface area (Å²) < 4.78 is 42.3. The van der Waals surface area contributed by atoms with Gasteiger partial charge in [-0.05, 0) is 93.3 Å². The van der Waals surface area contributed by atoms with Crippen molar-refractivity contribution in [2.24, 2.45) is 0 Å². The number of furan rings is 2. The molecule has 0 aliphatic rings. The monoisotopic (exact) mass is 719 g/mol. The number of rotatable bonds is 15. The molecule has 0 radical (unpaired) electrons. The first-order valence-electron chi connectivity index (χ1n) is 16.7. The molecule has 50 heavy (non-hydrogen) atoms. The average molecular weight is 720 g/mol. The Morgan fingerprint density at radius 2 is 1.68 bits per heavy atom. The maximum absolute atomic E-state index is 14.9. The Hall–Kier alpha value is -4.74. The zero-order valence-corrected chi connectivity index (χ0v) is 30.5. The summed E-state index contributed by atoms with van der Waals surface area (Å²) in [6, 6.07) is 19.0. The molecule has 0 bridgehead atoms. The number of aromatic carboxylic acids is 1. The number of amides is 1. The molecule has 0 fully saturated rings. The lowest BCUT2D eigenvalue weighted by atomic mass is 10.0. The fourth-order valence-corrected chi connectivity index (χ4v) is 8.46. The molecular weight excluding hydrogens is 678 g/mol. The van der Waals surface area contributed by atoms with E-state index in [1.807, 2.05) is 32.0 Å². The van der Waals surface area contributed by atoms with Gasteiger partial charge in [0.1, 0.15) is 11.3 Å². The highest BCUT2D eigenvalue weighted by Crippen LogP contribution is 2.38. The molecule has 0 saturated heterocycles. The Kier molecular flexibility index (Phi) is 11.3. The van der Waals surface area contributed by atoms with Crippen molar-refractivity contribution in [1.29, 1.82) is 0 Å². The molecule has 0 aliphatic carbocycles. The van der Waals surface area contributed by atoms with Gasteiger partial charge >= 0.3 is 5.97 Å². The molecular formula is C38H42ClN3O7S. The van der Waals surface area contributed by atoms with Crippen LogP contribution in [0.5, 0.6) is 0 Å². The second kappa shape index (κ2) is 15.4. The zero-order chi connectivity index (χ0) is 36.2. The van der Waals surface area contributed by atoms with Crippen molar-refractivity contribution in [3.05, 3.63) is 112 Å². The third-order valence-electron chi connectivity index (χ3n) is 8.82. The summed E-state index contributed by atoms with van der Waals surface area (Å²) in [5, 5.41) is 10.5. The molecule has 264 valence electrons. The number of anilines is 2. The van der Waals surface area contributed by atoms with Crippen molar-refractivity contribution >= 4 is 55.8 Å². The van der Waals surface area contributed by atoms with E-state index in [1.165, 1.54) is 22.7 Å². The molecule has 2 heterocycles. The van der Waals surface area contributed by atoms with Crippen LogP contribution >= 0.6 is 11.6 Å². The fourth-order valence-electron chi connectivity index (χ4n) is 6.44. The smallest absolute Gasteiger partial charge is 0.372 e. The lowest BCUT2D eigenvalue weighted by Gasteiger charge is -2.31. The van der Waals surface area contributed by atoms with Crippen LogP contribution in [0.25, 0.3) is 11.0 Å². The zero-order valence-electron chi connectivity index (χ0n) is 28.9. The number of hydrogen-bond acceptors (Lipinski definition) is 7. The van der Waals surface area contributed by atoms with E-state index < -0.39 is 16.0 Å². The number of benzene rings is 3. The molecule has 5 aromatic rings. The number of carboxylic acids is 1. The van der Waals surface area contributed by atoms with Crippen molar-refractivity contribution in [3.8, 4) is 0 Å². The van der Waals surface area contributed by atoms with E-state index >= 15 is 0 Å². The number of nitrogens with zero attached hydrogens (tertiary/aromatic N) is 3. The molecule has 5 rings (SSSR count). The van der Waals surface area contributed by atoms with Gasteiger partial charge in [0.15, 0.2) is 0 Å². The summed E-state index contributed by atoms with van der Waals surface area (Å²) >= 11 is 6.48. The minimum atomic E-state index is -4.23. The van der Waals surface area contributed by atoms with E-state index in [9.17, 15) is 23.1 Å². The Morgan fingerprint density at radius 1 is 0.920 bits per heavy atom. The van der Waals surface area contributed by atoms with Crippen molar-refractivity contribution < 1.29 is 31.9 Å². The molecule has 10 nitrogen and oxygen atoms in total. The number of aryl methyl sites for hydroxylation is 2. The van der Waals surface area contributed by atoms with Crippen molar-refractivity contribution in [2.45, 2.75) is 65.4 Å². The van der Waals surface area contributed by atoms with Crippen LogP contribution in [0.1, 0.15) is 77.5 Å². The van der Waals surface area contributed by atoms with Crippen LogP contribution < -0.4 is 9.21 Å². The standard InChI is InChI=1S/C38H42ClN3O7S/c1-6-20-40(8-3)27-17-16-26(23-41(24-28-13-12-21-48-28)37(43)30-14-10-11-15-31(30)39)32(22-27)42(9-4)50(46,47)34-19-18-33-35(29(34)7-2)25(5)36(49-33)38(44)45/h10-19,21-22H,6-9,20,23-24H2,1-5H3,(H,44,45). The van der Waals surface area contributed by atoms with Gasteiger partial charge in [-0.2, -0.15) is 0 Å². The van der Waals surface area contributed by atoms with E-state index in [-0.39, 0.29) is 36.2 Å². The first-order valence-corrected chi connectivity index (χ1v) is 18.5. The predicted molar refractivity (Wildman–Crippen MR) is 196 cm³/mol. The number of sulfonamides is 1. The van der Waals surface area contributed by atoms with Crippen molar-refractivity contribution in [3.63, 3.8) is 0 Å². The van der Waals surface area contributed by atoms with E-state index in [2.05, 4.69) is 11.8 Å². The van der Waals surface area contributed by atoms with Crippen LogP contribution in [0.2, 0.25) is 5.02 Å². The summed E-state index contributed by atoms with van der Waals surface area (Å²) in [6.45, 7) is 11.1. The predicted octanol–water partition coefficient (Wildman–Crippen LogP) is 8.54. The number of carbonyl (C=O) groups excluding carboxylic acids is 1. The van der Waals surface area contributed by atoms with Gasteiger partial charge < -0.3 is 23.7 Å². The van der Waals surface area contributed by atoms with E-state index in [0.717, 1.165) is 18.7 Å². The number of halogens is 1. The summed E-state index contributed by atoms with van der Waals surface area (Å²) in [5.74, 6) is -1.22. The highest BCUT2D eigenvalue weighted by atomic mass is 35.5. The summed E-state index contributed by atoms with van der Waals surface area (Å²) in [4.78, 5) is 29.8. The molecule has 1 N–H and O–H groups in total. The minimum absolute atomic E-state index is 0.0504. The SMILES string of the molecule is CCCN(CC)c1ccc(CN(Cc2ccco2)C(=O)c2ccccc2Cl)c(N(CC)S(=O)(=O)c2ccc3oc(C(=O)O)c(C)c3c2CC)c1. The first-order chi connectivity index (χ1) is 24.0. The maximum atomic E-state index is 14.9. The normalized spacial score (nSPS) is 11.6. The van der Waals surface area contributed by atoms with E-state index in [1.54, 1.807) is 55.1 Å². The van der Waals surface area contributed by atoms with E-state index in [4.69, 9.17) is 20.4 Å². The Balaban J connectivity index is 1.68. The van der Waals surface area contributed by atoms with Crippen LogP contribution in [0, 0.1) is 6.92 Å². The molecule has 0 unspecified atom stereocenters. The van der Waals surface area contributed by atoms with Gasteiger partial charge in [0.2, 0.25) is 5.76 Å². The molecule has 0 atom stereocenters. The number of carboxylic acid groups (broad SMARTS) is 1. The van der Waals surface area contributed by atoms with Crippen LogP contribution in [-0.2, 0) is 29.5 Å². The van der Waals surface area contributed by atoms with E-state index in [0.29, 0.717) is 62.7 Å². The molecule has 0 spiro atoms. The topological polar surface area (TPSA) is 125 Å². The Bertz CT molecular complexity index is 2110. The van der Waals surface area contributed by atoms with Gasteiger partial charge in [-0.3, -0.25) is 9.10 Å². The summed E-state index contributed by atoms with van der Waals surface area (Å²) in [6.07, 6.45) is 2.75. The third kappa shape index (κ3) is 7.11. The molecule has 12 heteroatoms. The lowest BCUT2D eigenvalue weighted by Crippen LogP contribution is -2.35.